The molecule has 0 heterocycles. The molecular weight excluding hydrogens is 369 g/mol. The van der Waals surface area contributed by atoms with Crippen molar-refractivity contribution in [3.8, 4) is 0 Å². The monoisotopic (exact) mass is 386 g/mol. The van der Waals surface area contributed by atoms with E-state index in [1.807, 2.05) is 19.1 Å². The maximum Gasteiger partial charge on any atom is 0.402 e. The van der Waals surface area contributed by atoms with Crippen LogP contribution in [0.2, 0.25) is 0 Å². The predicted octanol–water partition coefficient (Wildman–Crippen LogP) is 3.40. The molecule has 0 radical (unpaired) electrons. The lowest BCUT2D eigenvalue weighted by atomic mass is 10.1. The highest BCUT2D eigenvalue weighted by Gasteiger charge is 2.30. The molecule has 9 heteroatoms. The van der Waals surface area contributed by atoms with E-state index in [4.69, 9.17) is 0 Å². The number of benzene rings is 2. The standard InChI is InChI=1S/C17H17F3N2O3S/c1-11-3-4-12(2)15(9-11)16(23)22-13-5-7-14(8-6-13)26(24,25)21-10-17(18,19)20/h3-9,21H,10H2,1-2H3,(H,22,23). The zero-order valence-corrected chi connectivity index (χ0v) is 14.8. The van der Waals surface area contributed by atoms with E-state index in [1.165, 1.54) is 16.9 Å². The Morgan fingerprint density at radius 3 is 2.23 bits per heavy atom. The van der Waals surface area contributed by atoms with Crippen molar-refractivity contribution in [1.82, 2.24) is 4.72 Å². The van der Waals surface area contributed by atoms with Crippen LogP contribution in [-0.4, -0.2) is 27.0 Å². The van der Waals surface area contributed by atoms with E-state index in [0.29, 0.717) is 11.3 Å². The quantitative estimate of drug-likeness (QED) is 0.827. The average Bonchev–Trinajstić information content (AvgIpc) is 2.55. The number of hydrogen-bond donors (Lipinski definition) is 2. The van der Waals surface area contributed by atoms with E-state index in [1.54, 1.807) is 13.0 Å². The Labute approximate surface area is 149 Å². The number of anilines is 1. The Bertz CT molecular complexity index is 908. The second-order valence-corrected chi connectivity index (χ2v) is 7.50. The fourth-order valence-electron chi connectivity index (χ4n) is 2.16. The summed E-state index contributed by atoms with van der Waals surface area (Å²) in [6.45, 7) is 1.99. The number of rotatable bonds is 5. The lowest BCUT2D eigenvalue weighted by Crippen LogP contribution is -2.33. The number of alkyl halides is 3. The molecule has 2 rings (SSSR count). The molecule has 140 valence electrons. The number of carbonyl (C=O) groups excluding carboxylic acids is 1. The molecule has 0 bridgehead atoms. The van der Waals surface area contributed by atoms with Crippen molar-refractivity contribution in [3.05, 3.63) is 59.2 Å². The molecule has 2 aromatic rings. The van der Waals surface area contributed by atoms with E-state index < -0.39 is 22.7 Å². The smallest absolute Gasteiger partial charge is 0.322 e. The summed E-state index contributed by atoms with van der Waals surface area (Å²) in [5, 5.41) is 2.63. The van der Waals surface area contributed by atoms with Crippen molar-refractivity contribution in [2.24, 2.45) is 0 Å². The second-order valence-electron chi connectivity index (χ2n) is 5.74. The Kier molecular flexibility index (Phi) is 5.72. The Morgan fingerprint density at radius 1 is 1.04 bits per heavy atom. The molecule has 26 heavy (non-hydrogen) atoms. The molecule has 0 atom stereocenters. The van der Waals surface area contributed by atoms with E-state index in [9.17, 15) is 26.4 Å². The topological polar surface area (TPSA) is 75.3 Å². The number of halogens is 3. The summed E-state index contributed by atoms with van der Waals surface area (Å²) in [5.41, 5.74) is 2.50. The third kappa shape index (κ3) is 5.30. The Hall–Kier alpha value is -2.39. The van der Waals surface area contributed by atoms with Gasteiger partial charge in [-0.1, -0.05) is 17.7 Å². The van der Waals surface area contributed by atoms with Gasteiger partial charge in [0.25, 0.3) is 5.91 Å². The summed E-state index contributed by atoms with van der Waals surface area (Å²) >= 11 is 0. The van der Waals surface area contributed by atoms with Gasteiger partial charge in [0.2, 0.25) is 10.0 Å². The van der Waals surface area contributed by atoms with Gasteiger partial charge in [0, 0.05) is 11.3 Å². The van der Waals surface area contributed by atoms with Crippen LogP contribution >= 0.6 is 0 Å². The molecule has 0 aliphatic carbocycles. The molecule has 1 amide bonds. The van der Waals surface area contributed by atoms with Crippen molar-refractivity contribution in [2.45, 2.75) is 24.9 Å². The average molecular weight is 386 g/mol. The van der Waals surface area contributed by atoms with E-state index >= 15 is 0 Å². The Balaban J connectivity index is 2.12. The summed E-state index contributed by atoms with van der Waals surface area (Å²) in [6.07, 6.45) is -4.65. The fourth-order valence-corrected chi connectivity index (χ4v) is 3.17. The maximum absolute atomic E-state index is 12.3. The van der Waals surface area contributed by atoms with Crippen LogP contribution in [0.15, 0.2) is 47.4 Å². The normalized spacial score (nSPS) is 12.0. The number of amides is 1. The molecule has 0 spiro atoms. The first-order chi connectivity index (χ1) is 12.0. The van der Waals surface area contributed by atoms with Gasteiger partial charge in [-0.3, -0.25) is 4.79 Å². The molecular formula is C17H17F3N2O3S. The third-order valence-electron chi connectivity index (χ3n) is 3.52. The highest BCUT2D eigenvalue weighted by Crippen LogP contribution is 2.18. The lowest BCUT2D eigenvalue weighted by Gasteiger charge is -2.11. The second kappa shape index (κ2) is 7.46. The summed E-state index contributed by atoms with van der Waals surface area (Å²) in [5.74, 6) is -0.364. The van der Waals surface area contributed by atoms with Crippen molar-refractivity contribution in [1.29, 1.82) is 0 Å². The SMILES string of the molecule is Cc1ccc(C)c(C(=O)Nc2ccc(S(=O)(=O)NCC(F)(F)F)cc2)c1. The molecule has 0 unspecified atom stereocenters. The highest BCUT2D eigenvalue weighted by molar-refractivity contribution is 7.89. The van der Waals surface area contributed by atoms with Crippen LogP contribution in [0, 0.1) is 13.8 Å². The fraction of sp³-hybridized carbons (Fsp3) is 0.235. The molecule has 2 aromatic carbocycles. The van der Waals surface area contributed by atoms with E-state index in [0.717, 1.165) is 23.3 Å². The molecule has 2 N–H and O–H groups in total. The summed E-state index contributed by atoms with van der Waals surface area (Å²) in [4.78, 5) is 12.0. The number of sulfonamides is 1. The van der Waals surface area contributed by atoms with Crippen LogP contribution in [0.25, 0.3) is 0 Å². The van der Waals surface area contributed by atoms with Gasteiger partial charge < -0.3 is 5.32 Å². The van der Waals surface area contributed by atoms with Gasteiger partial charge in [-0.25, -0.2) is 13.1 Å². The molecule has 0 saturated carbocycles. The van der Waals surface area contributed by atoms with Gasteiger partial charge in [-0.05, 0) is 49.7 Å². The molecule has 0 aliphatic heterocycles. The number of carbonyl (C=O) groups is 1. The number of aryl methyl sites for hydroxylation is 2. The maximum atomic E-state index is 12.3. The van der Waals surface area contributed by atoms with Crippen LogP contribution in [-0.2, 0) is 10.0 Å². The lowest BCUT2D eigenvalue weighted by molar-refractivity contribution is -0.121. The predicted molar refractivity (Wildman–Crippen MR) is 91.6 cm³/mol. The van der Waals surface area contributed by atoms with E-state index in [-0.39, 0.29) is 10.8 Å². The largest absolute Gasteiger partial charge is 0.402 e. The highest BCUT2D eigenvalue weighted by atomic mass is 32.2. The van der Waals surface area contributed by atoms with Gasteiger partial charge in [0.05, 0.1) is 4.90 Å². The minimum Gasteiger partial charge on any atom is -0.322 e. The van der Waals surface area contributed by atoms with Crippen molar-refractivity contribution >= 4 is 21.6 Å². The molecule has 0 aliphatic rings. The summed E-state index contributed by atoms with van der Waals surface area (Å²) in [7, 11) is -4.29. The van der Waals surface area contributed by atoms with Crippen LogP contribution in [0.3, 0.4) is 0 Å². The molecule has 0 saturated heterocycles. The molecule has 0 aromatic heterocycles. The third-order valence-corrected chi connectivity index (χ3v) is 4.94. The van der Waals surface area contributed by atoms with Gasteiger partial charge in [0.1, 0.15) is 6.54 Å². The van der Waals surface area contributed by atoms with Crippen molar-refractivity contribution in [3.63, 3.8) is 0 Å². The summed E-state index contributed by atoms with van der Waals surface area (Å²) < 4.78 is 61.6. The minimum absolute atomic E-state index is 0.325. The van der Waals surface area contributed by atoms with Crippen LogP contribution in [0.4, 0.5) is 18.9 Å². The van der Waals surface area contributed by atoms with Gasteiger partial charge in [0.15, 0.2) is 0 Å². The number of nitrogens with one attached hydrogen (secondary N) is 2. The zero-order valence-electron chi connectivity index (χ0n) is 14.0. The first-order valence-corrected chi connectivity index (χ1v) is 9.01. The minimum atomic E-state index is -4.65. The summed E-state index contributed by atoms with van der Waals surface area (Å²) in [6, 6.07) is 10.3. The first kappa shape index (κ1) is 19.9. The molecule has 0 fully saturated rings. The van der Waals surface area contributed by atoms with Crippen LogP contribution < -0.4 is 10.0 Å². The number of hydrogen-bond acceptors (Lipinski definition) is 3. The van der Waals surface area contributed by atoms with Crippen LogP contribution in [0.1, 0.15) is 21.5 Å². The Morgan fingerprint density at radius 2 is 1.65 bits per heavy atom. The van der Waals surface area contributed by atoms with Gasteiger partial charge in [-0.15, -0.1) is 0 Å². The van der Waals surface area contributed by atoms with Crippen molar-refractivity contribution in [2.75, 3.05) is 11.9 Å². The van der Waals surface area contributed by atoms with Gasteiger partial charge in [-0.2, -0.15) is 13.2 Å². The molecule has 5 nitrogen and oxygen atoms in total. The van der Waals surface area contributed by atoms with E-state index in [2.05, 4.69) is 5.32 Å². The van der Waals surface area contributed by atoms with Crippen LogP contribution in [0.5, 0.6) is 0 Å². The van der Waals surface area contributed by atoms with Gasteiger partial charge >= 0.3 is 6.18 Å². The first-order valence-electron chi connectivity index (χ1n) is 7.53. The zero-order chi connectivity index (χ0) is 19.5. The van der Waals surface area contributed by atoms with Crippen molar-refractivity contribution < 1.29 is 26.4 Å².